The van der Waals surface area contributed by atoms with Crippen LogP contribution in [0.2, 0.25) is 10.0 Å². The Balaban J connectivity index is 1.50. The fraction of sp³-hybridized carbons (Fsp3) is 0.148. The Hall–Kier alpha value is -3.35. The minimum atomic E-state index is -0.769. The molecule has 0 aliphatic carbocycles. The fourth-order valence-corrected chi connectivity index (χ4v) is 4.88. The molecule has 12 heteroatoms. The fourth-order valence-electron chi connectivity index (χ4n) is 3.64. The topological polar surface area (TPSA) is 97.0 Å². The molecule has 202 valence electrons. The van der Waals surface area contributed by atoms with Crippen molar-refractivity contribution in [3.05, 3.63) is 90.9 Å². The van der Waals surface area contributed by atoms with E-state index in [1.807, 2.05) is 6.92 Å². The van der Waals surface area contributed by atoms with Crippen LogP contribution in [0.25, 0.3) is 6.08 Å². The molecule has 1 heterocycles. The summed E-state index contributed by atoms with van der Waals surface area (Å²) in [5.74, 6) is -1.14. The second kappa shape index (κ2) is 12.7. The molecule has 0 spiro atoms. The van der Waals surface area contributed by atoms with Gasteiger partial charge in [0.1, 0.15) is 24.7 Å². The molecule has 1 fully saturated rings. The van der Waals surface area contributed by atoms with Crippen molar-refractivity contribution in [2.24, 2.45) is 0 Å². The number of nitrogens with zero attached hydrogens (tertiary/aromatic N) is 1. The Bertz CT molecular complexity index is 1480. The highest BCUT2D eigenvalue weighted by molar-refractivity contribution is 14.1. The molecule has 4 rings (SSSR count). The van der Waals surface area contributed by atoms with Gasteiger partial charge in [0.25, 0.3) is 5.91 Å². The molecule has 3 aromatic rings. The molecule has 1 saturated heterocycles. The quantitative estimate of drug-likeness (QED) is 0.158. The van der Waals surface area contributed by atoms with Gasteiger partial charge < -0.3 is 20.1 Å². The van der Waals surface area contributed by atoms with E-state index < -0.39 is 30.2 Å². The third-order valence-corrected chi connectivity index (χ3v) is 6.83. The maximum atomic E-state index is 13.8. The lowest BCUT2D eigenvalue weighted by Crippen LogP contribution is -2.38. The molecule has 0 saturated carbocycles. The van der Waals surface area contributed by atoms with E-state index in [0.717, 1.165) is 10.5 Å². The summed E-state index contributed by atoms with van der Waals surface area (Å²) in [6.45, 7) is 1.76. The van der Waals surface area contributed by atoms with E-state index >= 15 is 0 Å². The van der Waals surface area contributed by atoms with Crippen molar-refractivity contribution in [1.82, 2.24) is 10.2 Å². The number of halogens is 4. The van der Waals surface area contributed by atoms with Gasteiger partial charge in [-0.1, -0.05) is 41.4 Å². The molecular formula is C27H21Cl2FIN3O5. The summed E-state index contributed by atoms with van der Waals surface area (Å²) in [4.78, 5) is 38.4. The molecule has 4 amide bonds. The first-order chi connectivity index (χ1) is 18.7. The second-order valence-electron chi connectivity index (χ2n) is 8.19. The molecule has 0 bridgehead atoms. The van der Waals surface area contributed by atoms with Crippen molar-refractivity contribution in [3.8, 4) is 11.5 Å². The van der Waals surface area contributed by atoms with Crippen LogP contribution in [0.5, 0.6) is 11.5 Å². The zero-order valence-electron chi connectivity index (χ0n) is 20.4. The number of hydrogen-bond donors (Lipinski definition) is 2. The highest BCUT2D eigenvalue weighted by Gasteiger charge is 2.35. The number of nitrogens with one attached hydrogen (secondary N) is 2. The lowest BCUT2D eigenvalue weighted by atomic mass is 10.1. The number of benzene rings is 3. The molecule has 2 N–H and O–H groups in total. The second-order valence-corrected chi connectivity index (χ2v) is 10.2. The van der Waals surface area contributed by atoms with Crippen LogP contribution in [0, 0.1) is 9.39 Å². The molecular weight excluding hydrogens is 663 g/mol. The standard InChI is InChI=1S/C27H21Cl2FIN3O5/c1-2-38-23-11-15(9-20(31)25(23)39-14-16-7-8-17(28)12-18(16)29)10-22-26(36)34(27(37)33-22)13-24(35)32-21-6-4-3-5-19(21)30/h3-12H,2,13-14H2,1H3,(H,32,35)(H,33,37)/b22-10+. The minimum Gasteiger partial charge on any atom is -0.490 e. The maximum absolute atomic E-state index is 13.8. The molecule has 0 radical (unpaired) electrons. The Morgan fingerprint density at radius 2 is 1.90 bits per heavy atom. The lowest BCUT2D eigenvalue weighted by molar-refractivity contribution is -0.127. The van der Waals surface area contributed by atoms with Crippen LogP contribution < -0.4 is 20.1 Å². The number of carbonyl (C=O) groups excluding carboxylic acids is 3. The Labute approximate surface area is 247 Å². The predicted molar refractivity (Wildman–Crippen MR) is 154 cm³/mol. The number of ether oxygens (including phenoxy) is 2. The zero-order valence-corrected chi connectivity index (χ0v) is 24.1. The molecule has 0 aromatic heterocycles. The summed E-state index contributed by atoms with van der Waals surface area (Å²) < 4.78 is 26.3. The number of hydrogen-bond acceptors (Lipinski definition) is 5. The van der Waals surface area contributed by atoms with E-state index in [1.165, 1.54) is 24.3 Å². The summed E-state index contributed by atoms with van der Waals surface area (Å²) in [5, 5.41) is 5.81. The van der Waals surface area contributed by atoms with Gasteiger partial charge in [-0.05, 0) is 77.6 Å². The van der Waals surface area contributed by atoms with E-state index in [9.17, 15) is 18.8 Å². The van der Waals surface area contributed by atoms with Gasteiger partial charge in [0.2, 0.25) is 5.91 Å². The summed E-state index contributed by atoms with van der Waals surface area (Å²) in [6.07, 6.45) is 1.47. The van der Waals surface area contributed by atoms with Crippen molar-refractivity contribution in [3.63, 3.8) is 0 Å². The van der Waals surface area contributed by atoms with Crippen LogP contribution in [0.1, 0.15) is 18.1 Å². The number of para-hydroxylation sites is 1. The Morgan fingerprint density at radius 3 is 2.62 bits per heavy atom. The van der Waals surface area contributed by atoms with Crippen LogP contribution >= 0.6 is 45.8 Å². The van der Waals surface area contributed by atoms with Crippen LogP contribution in [-0.2, 0) is 16.2 Å². The highest BCUT2D eigenvalue weighted by Crippen LogP contribution is 2.36. The predicted octanol–water partition coefficient (Wildman–Crippen LogP) is 6.25. The first kappa shape index (κ1) is 28.7. The van der Waals surface area contributed by atoms with Crippen LogP contribution in [0.15, 0.2) is 60.3 Å². The number of carbonyl (C=O) groups is 3. The molecule has 1 aliphatic heterocycles. The van der Waals surface area contributed by atoms with E-state index in [0.29, 0.717) is 37.3 Å². The average Bonchev–Trinajstić information content (AvgIpc) is 3.13. The van der Waals surface area contributed by atoms with E-state index in [2.05, 4.69) is 33.2 Å². The van der Waals surface area contributed by atoms with Crippen molar-refractivity contribution in [2.45, 2.75) is 13.5 Å². The van der Waals surface area contributed by atoms with Gasteiger partial charge in [-0.25, -0.2) is 14.1 Å². The van der Waals surface area contributed by atoms with Crippen molar-refractivity contribution >= 4 is 75.4 Å². The largest absolute Gasteiger partial charge is 0.490 e. The summed E-state index contributed by atoms with van der Waals surface area (Å²) in [7, 11) is 0. The van der Waals surface area contributed by atoms with Crippen LogP contribution in [-0.4, -0.2) is 35.9 Å². The van der Waals surface area contributed by atoms with Crippen LogP contribution in [0.4, 0.5) is 14.9 Å². The first-order valence-electron chi connectivity index (χ1n) is 11.6. The Morgan fingerprint density at radius 1 is 1.13 bits per heavy atom. The smallest absolute Gasteiger partial charge is 0.329 e. The van der Waals surface area contributed by atoms with Gasteiger partial charge in [-0.2, -0.15) is 0 Å². The lowest BCUT2D eigenvalue weighted by Gasteiger charge is -2.15. The molecule has 0 unspecified atom stereocenters. The van der Waals surface area contributed by atoms with Gasteiger partial charge in [0, 0.05) is 15.6 Å². The van der Waals surface area contributed by atoms with Gasteiger partial charge in [-0.15, -0.1) is 0 Å². The maximum Gasteiger partial charge on any atom is 0.329 e. The van der Waals surface area contributed by atoms with Gasteiger partial charge in [0.15, 0.2) is 11.5 Å². The number of anilines is 1. The van der Waals surface area contributed by atoms with Gasteiger partial charge in [-0.3, -0.25) is 9.59 Å². The number of urea groups is 1. The molecule has 3 aromatic carbocycles. The third kappa shape index (κ3) is 7.00. The summed E-state index contributed by atoms with van der Waals surface area (Å²) >= 11 is 14.3. The monoisotopic (exact) mass is 683 g/mol. The van der Waals surface area contributed by atoms with Crippen molar-refractivity contribution in [2.75, 3.05) is 18.5 Å². The van der Waals surface area contributed by atoms with E-state index in [1.54, 1.807) is 36.4 Å². The van der Waals surface area contributed by atoms with E-state index in [4.69, 9.17) is 32.7 Å². The SMILES string of the molecule is CCOc1cc(/C=C2/NC(=O)N(CC(=O)Nc3ccccc3F)C2=O)cc(I)c1OCc1ccc(Cl)cc1Cl. The van der Waals surface area contributed by atoms with Crippen molar-refractivity contribution < 1.29 is 28.2 Å². The number of amides is 4. The average molecular weight is 684 g/mol. The molecule has 39 heavy (non-hydrogen) atoms. The summed E-state index contributed by atoms with van der Waals surface area (Å²) in [5.41, 5.74) is 1.22. The normalized spacial score (nSPS) is 14.0. The van der Waals surface area contributed by atoms with Gasteiger partial charge in [0.05, 0.1) is 15.9 Å². The molecule has 0 atom stereocenters. The first-order valence-corrected chi connectivity index (χ1v) is 13.4. The van der Waals surface area contributed by atoms with E-state index in [-0.39, 0.29) is 18.0 Å². The minimum absolute atomic E-state index is 0.0291. The molecule has 1 aliphatic rings. The Kier molecular flexibility index (Phi) is 9.31. The zero-order chi connectivity index (χ0) is 28.1. The van der Waals surface area contributed by atoms with Crippen molar-refractivity contribution in [1.29, 1.82) is 0 Å². The highest BCUT2D eigenvalue weighted by atomic mass is 127. The molecule has 8 nitrogen and oxygen atoms in total. The number of imide groups is 1. The van der Waals surface area contributed by atoms with Crippen LogP contribution in [0.3, 0.4) is 0 Å². The van der Waals surface area contributed by atoms with Gasteiger partial charge >= 0.3 is 6.03 Å². The number of rotatable bonds is 9. The third-order valence-electron chi connectivity index (χ3n) is 5.44. The summed E-state index contributed by atoms with van der Waals surface area (Å²) in [6, 6.07) is 13.4.